The fourth-order valence-electron chi connectivity index (χ4n) is 8.53. The van der Waals surface area contributed by atoms with Crippen molar-refractivity contribution < 1.29 is 18.9 Å². The number of ether oxygens (including phenoxy) is 4. The Morgan fingerprint density at radius 1 is 0.600 bits per heavy atom. The maximum absolute atomic E-state index is 6.00. The van der Waals surface area contributed by atoms with Gasteiger partial charge in [-0.2, -0.15) is 9.97 Å². The molecule has 2 N–H and O–H groups in total. The summed E-state index contributed by atoms with van der Waals surface area (Å²) in [7, 11) is 7.34. The van der Waals surface area contributed by atoms with Crippen LogP contribution in [0, 0.1) is 0 Å². The average Bonchev–Trinajstić information content (AvgIpc) is 4.05. The molecule has 2 aliphatic heterocycles. The molecule has 0 amide bonds. The molecule has 0 saturated heterocycles. The Morgan fingerprint density at radius 2 is 1.01 bits per heavy atom. The van der Waals surface area contributed by atoms with E-state index in [2.05, 4.69) is 68.5 Å². The molecule has 0 saturated carbocycles. The number of rotatable bonds is 14. The van der Waals surface area contributed by atoms with Crippen molar-refractivity contribution in [3.05, 3.63) is 166 Å². The maximum atomic E-state index is 6.00. The van der Waals surface area contributed by atoms with Crippen LogP contribution in [0.1, 0.15) is 59.3 Å². The summed E-state index contributed by atoms with van der Waals surface area (Å²) < 4.78 is 26.9. The van der Waals surface area contributed by atoms with Gasteiger partial charge in [-0.25, -0.2) is 19.9 Å². The van der Waals surface area contributed by atoms with Crippen LogP contribution < -0.4 is 29.9 Å². The topological polar surface area (TPSA) is 155 Å². The van der Waals surface area contributed by atoms with Crippen molar-refractivity contribution >= 4 is 58.1 Å². The van der Waals surface area contributed by atoms with E-state index in [0.717, 1.165) is 70.0 Å². The first kappa shape index (κ1) is 47.8. The molecule has 0 spiro atoms. The van der Waals surface area contributed by atoms with Crippen molar-refractivity contribution in [3.63, 3.8) is 0 Å². The molecule has 16 nitrogen and oxygen atoms in total. The molecule has 0 unspecified atom stereocenters. The molecule has 4 aromatic heterocycles. The van der Waals surface area contributed by atoms with Crippen molar-refractivity contribution in [1.29, 1.82) is 0 Å². The summed E-state index contributed by atoms with van der Waals surface area (Å²) in [4.78, 5) is 32.1. The summed E-state index contributed by atoms with van der Waals surface area (Å²) in [5, 5.41) is 7.60. The van der Waals surface area contributed by atoms with Crippen LogP contribution in [0.2, 0.25) is 10.3 Å². The van der Waals surface area contributed by atoms with Crippen molar-refractivity contribution in [2.24, 2.45) is 0 Å². The van der Waals surface area contributed by atoms with Gasteiger partial charge < -0.3 is 48.5 Å². The number of fused-ring (bicyclic) bond motifs is 2. The predicted molar refractivity (Wildman–Crippen MR) is 275 cm³/mol. The van der Waals surface area contributed by atoms with E-state index >= 15 is 0 Å². The van der Waals surface area contributed by atoms with Crippen LogP contribution in [0.5, 0.6) is 11.5 Å². The first-order valence-electron chi connectivity index (χ1n) is 22.9. The van der Waals surface area contributed by atoms with Crippen molar-refractivity contribution in [2.75, 3.05) is 75.1 Å². The molecule has 0 aliphatic carbocycles. The number of imidazole rings is 2. The Bertz CT molecular complexity index is 2860. The number of methoxy groups -OCH3 is 2. The fraction of sp³-hybridized carbons (Fsp3) is 0.269. The van der Waals surface area contributed by atoms with Gasteiger partial charge >= 0.3 is 0 Å². The summed E-state index contributed by atoms with van der Waals surface area (Å²) in [6.07, 6.45) is 6.77. The molecule has 4 aromatic carbocycles. The number of halogens is 2. The number of nitrogens with zero attached hydrogens (tertiary/aromatic N) is 10. The number of anilines is 6. The molecule has 2 aliphatic rings. The molecular formula is C52H54Cl2N12O4. The lowest BCUT2D eigenvalue weighted by Gasteiger charge is -2.29. The van der Waals surface area contributed by atoms with Crippen molar-refractivity contribution in [2.45, 2.75) is 38.9 Å². The molecule has 360 valence electrons. The third kappa shape index (κ3) is 10.4. The van der Waals surface area contributed by atoms with Crippen LogP contribution >= 0.6 is 23.2 Å². The normalized spacial score (nSPS) is 14.9. The number of aromatic nitrogens is 8. The van der Waals surface area contributed by atoms with E-state index in [-0.39, 0.29) is 11.8 Å². The zero-order valence-electron chi connectivity index (χ0n) is 39.8. The van der Waals surface area contributed by atoms with Crippen LogP contribution in [0.3, 0.4) is 0 Å². The molecule has 0 bridgehead atoms. The summed E-state index contributed by atoms with van der Waals surface area (Å²) >= 11 is 12.0. The van der Waals surface area contributed by atoms with Crippen molar-refractivity contribution in [1.82, 2.24) is 39.0 Å². The van der Waals surface area contributed by atoms with Crippen LogP contribution in [0.15, 0.2) is 122 Å². The Hall–Kier alpha value is -7.24. The van der Waals surface area contributed by atoms with E-state index in [1.807, 2.05) is 96.0 Å². The second-order valence-corrected chi connectivity index (χ2v) is 17.5. The Balaban J connectivity index is 0.000000174. The quantitative estimate of drug-likeness (QED) is 0.106. The highest BCUT2D eigenvalue weighted by atomic mass is 35.5. The van der Waals surface area contributed by atoms with E-state index in [9.17, 15) is 0 Å². The summed E-state index contributed by atoms with van der Waals surface area (Å²) in [5.74, 6) is 4.22. The average molecular weight is 982 g/mol. The van der Waals surface area contributed by atoms with Crippen LogP contribution in [-0.4, -0.2) is 93.7 Å². The minimum Gasteiger partial charge on any atom is -0.494 e. The van der Waals surface area contributed by atoms with Gasteiger partial charge in [-0.05, 0) is 49.2 Å². The first-order chi connectivity index (χ1) is 34.1. The maximum Gasteiger partial charge on any atom is 0.229 e. The van der Waals surface area contributed by atoms with Gasteiger partial charge in [-0.1, -0.05) is 83.9 Å². The van der Waals surface area contributed by atoms with E-state index in [0.29, 0.717) is 60.1 Å². The number of hydrogen-bond donors (Lipinski definition) is 2. The smallest absolute Gasteiger partial charge is 0.229 e. The SMILES string of the molecule is CCN(C)c1nc(Nc2ccc(-n3cnc(Cl)c3)c(OC)c2)nc2c1COC[C@@H]2c1ccccc1.CCN(C)c1nc(Nc2ccc(-n3cnc(Cl)c3)c(OC)c2)nc2c1COC[C@H]2c1ccccc1. The van der Waals surface area contributed by atoms with Gasteiger partial charge in [0.2, 0.25) is 11.9 Å². The Kier molecular flexibility index (Phi) is 14.7. The molecule has 2 atom stereocenters. The van der Waals surface area contributed by atoms with E-state index < -0.39 is 0 Å². The lowest BCUT2D eigenvalue weighted by molar-refractivity contribution is 0.0976. The monoisotopic (exact) mass is 980 g/mol. The summed E-state index contributed by atoms with van der Waals surface area (Å²) in [6, 6.07) is 32.3. The summed E-state index contributed by atoms with van der Waals surface area (Å²) in [6.45, 7) is 7.99. The summed E-state index contributed by atoms with van der Waals surface area (Å²) in [5.41, 5.74) is 9.68. The van der Waals surface area contributed by atoms with Crippen molar-refractivity contribution in [3.8, 4) is 22.9 Å². The third-order valence-corrected chi connectivity index (χ3v) is 12.8. The van der Waals surface area contributed by atoms with E-state index in [4.69, 9.17) is 62.1 Å². The van der Waals surface area contributed by atoms with Crippen LogP contribution in [0.25, 0.3) is 11.4 Å². The van der Waals surface area contributed by atoms with Gasteiger partial charge in [-0.3, -0.25) is 0 Å². The predicted octanol–water partition coefficient (Wildman–Crippen LogP) is 10.4. The molecular weight excluding hydrogens is 928 g/mol. The zero-order valence-corrected chi connectivity index (χ0v) is 41.3. The highest BCUT2D eigenvalue weighted by Gasteiger charge is 2.31. The highest BCUT2D eigenvalue weighted by Crippen LogP contribution is 2.39. The minimum atomic E-state index is 0.0374. The highest BCUT2D eigenvalue weighted by molar-refractivity contribution is 6.29. The lowest BCUT2D eigenvalue weighted by Crippen LogP contribution is -2.26. The molecule has 18 heteroatoms. The van der Waals surface area contributed by atoms with Gasteiger partial charge in [0.25, 0.3) is 0 Å². The molecule has 0 fully saturated rings. The number of nitrogens with one attached hydrogen (secondary N) is 2. The molecule has 70 heavy (non-hydrogen) atoms. The molecule has 0 radical (unpaired) electrons. The van der Waals surface area contributed by atoms with Gasteiger partial charge in [0.05, 0.1) is 75.2 Å². The van der Waals surface area contributed by atoms with E-state index in [1.165, 1.54) is 11.1 Å². The number of benzene rings is 4. The van der Waals surface area contributed by atoms with Crippen LogP contribution in [-0.2, 0) is 22.7 Å². The number of hydrogen-bond acceptors (Lipinski definition) is 14. The van der Waals surface area contributed by atoms with Gasteiger partial charge in [0, 0.05) is 74.2 Å². The standard InChI is InChI=1S/2C26H27ClN6O2/c2*1-4-32(2)25-20-15-35-14-19(17-8-6-5-7-9-17)24(20)30-26(31-25)29-18-10-11-21(22(12-18)34-3)33-13-23(27)28-16-33/h2*5-13,16,19H,4,14-15H2,1-3H3,(H,29,30,31)/t2*19-/m10/s1. The second-order valence-electron chi connectivity index (χ2n) is 16.7. The largest absolute Gasteiger partial charge is 0.494 e. The third-order valence-electron chi connectivity index (χ3n) is 12.4. The Morgan fingerprint density at radius 3 is 1.37 bits per heavy atom. The molecule has 6 heterocycles. The zero-order chi connectivity index (χ0) is 48.7. The fourth-order valence-corrected chi connectivity index (χ4v) is 8.82. The lowest BCUT2D eigenvalue weighted by atomic mass is 9.91. The Labute approximate surface area is 417 Å². The second kappa shape index (κ2) is 21.6. The van der Waals surface area contributed by atoms with Gasteiger partial charge in [0.1, 0.15) is 46.1 Å². The van der Waals surface area contributed by atoms with Crippen LogP contribution in [0.4, 0.5) is 34.9 Å². The first-order valence-corrected chi connectivity index (χ1v) is 23.7. The van der Waals surface area contributed by atoms with Gasteiger partial charge in [0.15, 0.2) is 0 Å². The molecule has 8 aromatic rings. The van der Waals surface area contributed by atoms with Gasteiger partial charge in [-0.15, -0.1) is 0 Å². The molecule has 10 rings (SSSR count). The minimum absolute atomic E-state index is 0.0374. The van der Waals surface area contributed by atoms with E-state index in [1.54, 1.807) is 39.3 Å².